The SMILES string of the molecule is CCN(C(C)=O)c1nc(CN2CC3CCC(N)C3C2)cs1. The van der Waals surface area contributed by atoms with E-state index in [0.717, 1.165) is 36.4 Å². The van der Waals surface area contributed by atoms with Crippen LogP contribution >= 0.6 is 11.3 Å². The summed E-state index contributed by atoms with van der Waals surface area (Å²) < 4.78 is 0. The third-order valence-corrected chi connectivity index (χ3v) is 5.75. The molecule has 1 aromatic heterocycles. The number of hydrogen-bond acceptors (Lipinski definition) is 5. The first-order valence-corrected chi connectivity index (χ1v) is 8.67. The Hall–Kier alpha value is -0.980. The lowest BCUT2D eigenvalue weighted by atomic mass is 9.98. The van der Waals surface area contributed by atoms with Crippen LogP contribution in [0.25, 0.3) is 0 Å². The molecule has 2 heterocycles. The van der Waals surface area contributed by atoms with Gasteiger partial charge >= 0.3 is 0 Å². The second-order valence-corrected chi connectivity index (χ2v) is 7.08. The van der Waals surface area contributed by atoms with E-state index in [1.165, 1.54) is 12.8 Å². The van der Waals surface area contributed by atoms with Crippen LogP contribution in [-0.4, -0.2) is 41.5 Å². The number of rotatable bonds is 4. The summed E-state index contributed by atoms with van der Waals surface area (Å²) in [5, 5.41) is 2.89. The lowest BCUT2D eigenvalue weighted by Crippen LogP contribution is -2.30. The van der Waals surface area contributed by atoms with Gasteiger partial charge in [-0.05, 0) is 31.6 Å². The second-order valence-electron chi connectivity index (χ2n) is 6.24. The molecule has 0 radical (unpaired) electrons. The smallest absolute Gasteiger partial charge is 0.225 e. The first-order chi connectivity index (χ1) is 10.1. The maximum Gasteiger partial charge on any atom is 0.225 e. The molecule has 21 heavy (non-hydrogen) atoms. The van der Waals surface area contributed by atoms with Crippen molar-refractivity contribution in [2.45, 2.75) is 39.3 Å². The Labute approximate surface area is 130 Å². The van der Waals surface area contributed by atoms with Gasteiger partial charge < -0.3 is 5.73 Å². The fourth-order valence-corrected chi connectivity index (χ4v) is 4.67. The number of amides is 1. The van der Waals surface area contributed by atoms with E-state index in [1.54, 1.807) is 23.2 Å². The van der Waals surface area contributed by atoms with E-state index in [-0.39, 0.29) is 5.91 Å². The van der Waals surface area contributed by atoms with Gasteiger partial charge in [0.2, 0.25) is 5.91 Å². The summed E-state index contributed by atoms with van der Waals surface area (Å²) in [5.74, 6) is 1.51. The predicted octanol–water partition coefficient (Wildman–Crippen LogP) is 1.68. The summed E-state index contributed by atoms with van der Waals surface area (Å²) in [6.07, 6.45) is 2.46. The summed E-state index contributed by atoms with van der Waals surface area (Å²) in [7, 11) is 0. The number of aromatic nitrogens is 1. The summed E-state index contributed by atoms with van der Waals surface area (Å²) in [6.45, 7) is 7.37. The maximum absolute atomic E-state index is 11.6. The van der Waals surface area contributed by atoms with Crippen molar-refractivity contribution in [1.29, 1.82) is 0 Å². The van der Waals surface area contributed by atoms with Gasteiger partial charge in [0.05, 0.1) is 5.69 Å². The average molecular weight is 308 g/mol. The minimum atomic E-state index is 0.0556. The summed E-state index contributed by atoms with van der Waals surface area (Å²) in [6, 6.07) is 0.388. The first kappa shape index (κ1) is 14.9. The molecule has 1 aliphatic heterocycles. The minimum absolute atomic E-state index is 0.0556. The van der Waals surface area contributed by atoms with Crippen LogP contribution in [0.1, 0.15) is 32.4 Å². The summed E-state index contributed by atoms with van der Waals surface area (Å²) >= 11 is 1.56. The highest BCUT2D eigenvalue weighted by Gasteiger charge is 2.40. The number of hydrogen-bond donors (Lipinski definition) is 1. The van der Waals surface area contributed by atoms with Gasteiger partial charge in [0.25, 0.3) is 0 Å². The molecule has 1 saturated heterocycles. The van der Waals surface area contributed by atoms with Crippen LogP contribution in [-0.2, 0) is 11.3 Å². The lowest BCUT2D eigenvalue weighted by molar-refractivity contribution is -0.116. The highest BCUT2D eigenvalue weighted by atomic mass is 32.1. The van der Waals surface area contributed by atoms with Crippen LogP contribution in [0, 0.1) is 11.8 Å². The molecule has 3 unspecified atom stereocenters. The Morgan fingerprint density at radius 1 is 1.52 bits per heavy atom. The van der Waals surface area contributed by atoms with E-state index in [0.29, 0.717) is 18.5 Å². The molecule has 0 bridgehead atoms. The standard InChI is InChI=1S/C15H24N4OS/c1-3-19(10(2)20)15-17-12(9-21-15)7-18-6-11-4-5-14(16)13(11)8-18/h9,11,13-14H,3-8,16H2,1-2H3. The molecule has 1 aromatic rings. The fraction of sp³-hybridized carbons (Fsp3) is 0.733. The Morgan fingerprint density at radius 2 is 2.33 bits per heavy atom. The summed E-state index contributed by atoms with van der Waals surface area (Å²) in [5.41, 5.74) is 7.26. The van der Waals surface area contributed by atoms with E-state index in [9.17, 15) is 4.79 Å². The van der Waals surface area contributed by atoms with Gasteiger partial charge in [-0.15, -0.1) is 11.3 Å². The van der Waals surface area contributed by atoms with Crippen LogP contribution in [0.15, 0.2) is 5.38 Å². The number of nitrogens with zero attached hydrogens (tertiary/aromatic N) is 3. The normalized spacial score (nSPS) is 28.8. The number of thiazole rings is 1. The van der Waals surface area contributed by atoms with E-state index < -0.39 is 0 Å². The van der Waals surface area contributed by atoms with Gasteiger partial charge in [-0.3, -0.25) is 14.6 Å². The zero-order chi connectivity index (χ0) is 15.0. The number of fused-ring (bicyclic) bond motifs is 1. The number of carbonyl (C=O) groups is 1. The van der Waals surface area contributed by atoms with E-state index in [1.807, 2.05) is 6.92 Å². The van der Waals surface area contributed by atoms with E-state index >= 15 is 0 Å². The van der Waals surface area contributed by atoms with Crippen LogP contribution in [0.5, 0.6) is 0 Å². The quantitative estimate of drug-likeness (QED) is 0.919. The fourth-order valence-electron chi connectivity index (χ4n) is 3.74. The number of anilines is 1. The number of likely N-dealkylation sites (tertiary alicyclic amines) is 1. The summed E-state index contributed by atoms with van der Waals surface area (Å²) in [4.78, 5) is 20.4. The molecule has 1 saturated carbocycles. The lowest BCUT2D eigenvalue weighted by Gasteiger charge is -2.17. The number of carbonyl (C=O) groups excluding carboxylic acids is 1. The molecule has 3 atom stereocenters. The van der Waals surface area contributed by atoms with Crippen molar-refractivity contribution >= 4 is 22.4 Å². The molecule has 1 aliphatic carbocycles. The predicted molar refractivity (Wildman–Crippen MR) is 85.3 cm³/mol. The Kier molecular flexibility index (Phi) is 4.28. The van der Waals surface area contributed by atoms with Gasteiger partial charge in [-0.1, -0.05) is 0 Å². The topological polar surface area (TPSA) is 62.5 Å². The van der Waals surface area contributed by atoms with E-state index in [2.05, 4.69) is 15.3 Å². The largest absolute Gasteiger partial charge is 0.327 e. The third-order valence-electron chi connectivity index (χ3n) is 4.84. The van der Waals surface area contributed by atoms with Crippen LogP contribution in [0.2, 0.25) is 0 Å². The van der Waals surface area contributed by atoms with E-state index in [4.69, 9.17) is 5.73 Å². The third kappa shape index (κ3) is 2.98. The Bertz CT molecular complexity index is 518. The van der Waals surface area contributed by atoms with Gasteiger partial charge in [0.15, 0.2) is 5.13 Å². The second kappa shape index (κ2) is 6.02. The molecule has 116 valence electrons. The molecule has 2 N–H and O–H groups in total. The van der Waals surface area contributed by atoms with Gasteiger partial charge in [-0.2, -0.15) is 0 Å². The Balaban J connectivity index is 1.62. The minimum Gasteiger partial charge on any atom is -0.327 e. The maximum atomic E-state index is 11.6. The molecule has 3 rings (SSSR count). The van der Waals surface area contributed by atoms with Gasteiger partial charge in [0.1, 0.15) is 0 Å². The van der Waals surface area contributed by atoms with Gasteiger partial charge in [-0.25, -0.2) is 4.98 Å². The molecule has 5 nitrogen and oxygen atoms in total. The van der Waals surface area contributed by atoms with Crippen LogP contribution in [0.4, 0.5) is 5.13 Å². The van der Waals surface area contributed by atoms with Crippen LogP contribution < -0.4 is 10.6 Å². The highest BCUT2D eigenvalue weighted by Crippen LogP contribution is 2.37. The number of nitrogens with two attached hydrogens (primary N) is 1. The van der Waals surface area contributed by atoms with Crippen molar-refractivity contribution in [2.75, 3.05) is 24.5 Å². The molecule has 1 amide bonds. The molecule has 2 aliphatic rings. The van der Waals surface area contributed by atoms with Crippen molar-refractivity contribution in [3.63, 3.8) is 0 Å². The molecule has 6 heteroatoms. The first-order valence-electron chi connectivity index (χ1n) is 7.79. The van der Waals surface area contributed by atoms with Crippen molar-refractivity contribution in [1.82, 2.24) is 9.88 Å². The zero-order valence-electron chi connectivity index (χ0n) is 12.8. The molecular formula is C15H24N4OS. The molecular weight excluding hydrogens is 284 g/mol. The Morgan fingerprint density at radius 3 is 3.00 bits per heavy atom. The zero-order valence-corrected chi connectivity index (χ0v) is 13.6. The average Bonchev–Trinajstić information content (AvgIpc) is 3.10. The molecule has 0 aromatic carbocycles. The molecule has 0 spiro atoms. The van der Waals surface area contributed by atoms with Crippen LogP contribution in [0.3, 0.4) is 0 Å². The van der Waals surface area contributed by atoms with Gasteiger partial charge in [0, 0.05) is 44.5 Å². The highest BCUT2D eigenvalue weighted by molar-refractivity contribution is 7.14. The van der Waals surface area contributed by atoms with Crippen molar-refractivity contribution in [3.8, 4) is 0 Å². The molecule has 2 fully saturated rings. The van der Waals surface area contributed by atoms with Crippen molar-refractivity contribution in [3.05, 3.63) is 11.1 Å². The van der Waals surface area contributed by atoms with Crippen molar-refractivity contribution < 1.29 is 4.79 Å². The monoisotopic (exact) mass is 308 g/mol. The van der Waals surface area contributed by atoms with Crippen molar-refractivity contribution in [2.24, 2.45) is 17.6 Å².